The molecule has 24 heavy (non-hydrogen) atoms. The van der Waals surface area contributed by atoms with E-state index in [0.717, 1.165) is 11.1 Å². The van der Waals surface area contributed by atoms with E-state index in [9.17, 15) is 5.11 Å². The normalized spacial score (nSPS) is 12.0. The maximum atomic E-state index is 9.31. The minimum absolute atomic E-state index is 0.389. The second-order valence-electron chi connectivity index (χ2n) is 5.59. The third-order valence-electron chi connectivity index (χ3n) is 3.36. The van der Waals surface area contributed by atoms with Crippen LogP contribution in [0.15, 0.2) is 42.5 Å². The largest absolute Gasteiger partial charge is 0.490 e. The molecule has 0 unspecified atom stereocenters. The van der Waals surface area contributed by atoms with Gasteiger partial charge in [-0.2, -0.15) is 0 Å². The molecule has 0 radical (unpaired) electrons. The minimum Gasteiger partial charge on any atom is -0.490 e. The summed E-state index contributed by atoms with van der Waals surface area (Å²) < 4.78 is 11.6. The molecule has 0 bridgehead atoms. The van der Waals surface area contributed by atoms with E-state index in [-0.39, 0.29) is 6.10 Å². The summed E-state index contributed by atoms with van der Waals surface area (Å²) >= 11 is 6.40. The van der Waals surface area contributed by atoms with Crippen LogP contribution in [-0.2, 0) is 13.2 Å². The molecule has 0 saturated heterocycles. The van der Waals surface area contributed by atoms with E-state index in [1.807, 2.05) is 49.4 Å². The highest BCUT2D eigenvalue weighted by Gasteiger charge is 2.13. The Kier molecular flexibility index (Phi) is 7.37. The van der Waals surface area contributed by atoms with Gasteiger partial charge in [0.15, 0.2) is 11.5 Å². The van der Waals surface area contributed by atoms with Crippen LogP contribution in [0.1, 0.15) is 25.0 Å². The van der Waals surface area contributed by atoms with E-state index < -0.39 is 0 Å². The van der Waals surface area contributed by atoms with Crippen LogP contribution >= 0.6 is 11.6 Å². The summed E-state index contributed by atoms with van der Waals surface area (Å²) in [5.74, 6) is 1.19. The van der Waals surface area contributed by atoms with Crippen molar-refractivity contribution in [2.24, 2.45) is 0 Å². The van der Waals surface area contributed by atoms with Crippen molar-refractivity contribution >= 4 is 11.6 Å². The van der Waals surface area contributed by atoms with Crippen molar-refractivity contribution in [3.05, 3.63) is 58.6 Å². The number of aliphatic hydroxyl groups is 1. The molecular weight excluding hydrogens is 326 g/mol. The van der Waals surface area contributed by atoms with Crippen molar-refractivity contribution in [2.45, 2.75) is 33.1 Å². The smallest absolute Gasteiger partial charge is 0.180 e. The predicted octanol–water partition coefficient (Wildman–Crippen LogP) is 3.79. The third-order valence-corrected chi connectivity index (χ3v) is 3.64. The Bertz CT molecular complexity index is 632. The third kappa shape index (κ3) is 5.71. The second kappa shape index (κ2) is 9.52. The van der Waals surface area contributed by atoms with Gasteiger partial charge in [-0.1, -0.05) is 41.9 Å². The zero-order chi connectivity index (χ0) is 17.4. The van der Waals surface area contributed by atoms with Gasteiger partial charge in [-0.25, -0.2) is 0 Å². The highest BCUT2D eigenvalue weighted by atomic mass is 35.5. The minimum atomic E-state index is -0.389. The van der Waals surface area contributed by atoms with E-state index in [2.05, 4.69) is 5.32 Å². The molecule has 130 valence electrons. The summed E-state index contributed by atoms with van der Waals surface area (Å²) in [6.45, 7) is 5.75. The predicted molar refractivity (Wildman–Crippen MR) is 96.8 cm³/mol. The van der Waals surface area contributed by atoms with Gasteiger partial charge >= 0.3 is 0 Å². The molecule has 4 nitrogen and oxygen atoms in total. The fourth-order valence-corrected chi connectivity index (χ4v) is 2.57. The average Bonchev–Trinajstić information content (AvgIpc) is 2.55. The van der Waals surface area contributed by atoms with Crippen LogP contribution in [0.2, 0.25) is 5.02 Å². The fourth-order valence-electron chi connectivity index (χ4n) is 2.28. The van der Waals surface area contributed by atoms with Crippen LogP contribution in [0, 0.1) is 0 Å². The van der Waals surface area contributed by atoms with Gasteiger partial charge in [-0.15, -0.1) is 0 Å². The Labute approximate surface area is 148 Å². The second-order valence-corrected chi connectivity index (χ2v) is 6.00. The standard InChI is InChI=1S/C19H24ClNO3/c1-3-23-18-10-16(12-21-11-14(2)22)9-17(20)19(18)24-13-15-7-5-4-6-8-15/h4-10,14,21-22H,3,11-13H2,1-2H3/t14-/m1/s1. The molecule has 2 aromatic carbocycles. The molecule has 2 N–H and O–H groups in total. The molecule has 0 heterocycles. The van der Waals surface area contributed by atoms with Gasteiger partial charge in [-0.05, 0) is 37.1 Å². The lowest BCUT2D eigenvalue weighted by atomic mass is 10.2. The first kappa shape index (κ1) is 18.6. The average molecular weight is 350 g/mol. The number of hydrogen-bond donors (Lipinski definition) is 2. The van der Waals surface area contributed by atoms with Crippen molar-refractivity contribution in [3.63, 3.8) is 0 Å². The molecule has 0 aliphatic heterocycles. The van der Waals surface area contributed by atoms with Crippen molar-refractivity contribution < 1.29 is 14.6 Å². The maximum absolute atomic E-state index is 9.31. The molecular formula is C19H24ClNO3. The van der Waals surface area contributed by atoms with E-state index in [1.165, 1.54) is 0 Å². The van der Waals surface area contributed by atoms with Gasteiger partial charge in [-0.3, -0.25) is 0 Å². The topological polar surface area (TPSA) is 50.7 Å². The lowest BCUT2D eigenvalue weighted by molar-refractivity contribution is 0.191. The highest BCUT2D eigenvalue weighted by Crippen LogP contribution is 2.37. The first-order valence-electron chi connectivity index (χ1n) is 8.11. The van der Waals surface area contributed by atoms with Gasteiger partial charge in [0.2, 0.25) is 0 Å². The van der Waals surface area contributed by atoms with Crippen LogP contribution < -0.4 is 14.8 Å². The van der Waals surface area contributed by atoms with Gasteiger partial charge in [0.1, 0.15) is 6.61 Å². The Morgan fingerprint density at radius 3 is 2.54 bits per heavy atom. The number of benzene rings is 2. The number of nitrogens with one attached hydrogen (secondary N) is 1. The summed E-state index contributed by atoms with van der Waals surface area (Å²) in [4.78, 5) is 0. The number of hydrogen-bond acceptors (Lipinski definition) is 4. The molecule has 0 amide bonds. The van der Waals surface area contributed by atoms with Crippen LogP contribution in [0.4, 0.5) is 0 Å². The summed E-state index contributed by atoms with van der Waals surface area (Å²) in [5.41, 5.74) is 2.05. The first-order valence-corrected chi connectivity index (χ1v) is 8.48. The van der Waals surface area contributed by atoms with Crippen molar-refractivity contribution in [1.29, 1.82) is 0 Å². The summed E-state index contributed by atoms with van der Waals surface area (Å²) in [6, 6.07) is 13.7. The Morgan fingerprint density at radius 1 is 1.12 bits per heavy atom. The van der Waals surface area contributed by atoms with Crippen molar-refractivity contribution in [2.75, 3.05) is 13.2 Å². The molecule has 0 spiro atoms. The number of aliphatic hydroxyl groups excluding tert-OH is 1. The number of rotatable bonds is 9. The van der Waals surface area contributed by atoms with Crippen LogP contribution in [0.25, 0.3) is 0 Å². The molecule has 5 heteroatoms. The van der Waals surface area contributed by atoms with E-state index >= 15 is 0 Å². The summed E-state index contributed by atoms with van der Waals surface area (Å²) in [5, 5.41) is 13.0. The summed E-state index contributed by atoms with van der Waals surface area (Å²) in [6.07, 6.45) is -0.389. The van der Waals surface area contributed by atoms with Gasteiger partial charge in [0.05, 0.1) is 17.7 Å². The monoisotopic (exact) mass is 349 g/mol. The Morgan fingerprint density at radius 2 is 1.88 bits per heavy atom. The molecule has 0 saturated carbocycles. The van der Waals surface area contributed by atoms with E-state index in [0.29, 0.717) is 42.8 Å². The maximum Gasteiger partial charge on any atom is 0.180 e. The van der Waals surface area contributed by atoms with E-state index in [1.54, 1.807) is 6.92 Å². The molecule has 2 rings (SSSR count). The fraction of sp³-hybridized carbons (Fsp3) is 0.368. The lowest BCUT2D eigenvalue weighted by Crippen LogP contribution is -2.23. The summed E-state index contributed by atoms with van der Waals surface area (Å²) in [7, 11) is 0. The quantitative estimate of drug-likeness (QED) is 0.723. The molecule has 0 aliphatic rings. The first-order chi connectivity index (χ1) is 11.6. The Hall–Kier alpha value is -1.75. The number of halogens is 1. The molecule has 0 aliphatic carbocycles. The van der Waals surface area contributed by atoms with E-state index in [4.69, 9.17) is 21.1 Å². The molecule has 0 fully saturated rings. The highest BCUT2D eigenvalue weighted by molar-refractivity contribution is 6.32. The van der Waals surface area contributed by atoms with Crippen LogP contribution in [0.5, 0.6) is 11.5 Å². The van der Waals surface area contributed by atoms with Crippen LogP contribution in [0.3, 0.4) is 0 Å². The zero-order valence-corrected chi connectivity index (χ0v) is 14.8. The molecule has 2 aromatic rings. The lowest BCUT2D eigenvalue weighted by Gasteiger charge is -2.16. The molecule has 0 aromatic heterocycles. The molecule has 1 atom stereocenters. The zero-order valence-electron chi connectivity index (χ0n) is 14.1. The van der Waals surface area contributed by atoms with Gasteiger partial charge in [0.25, 0.3) is 0 Å². The van der Waals surface area contributed by atoms with Crippen molar-refractivity contribution in [3.8, 4) is 11.5 Å². The number of ether oxygens (including phenoxy) is 2. The Balaban J connectivity index is 2.11. The van der Waals surface area contributed by atoms with Crippen molar-refractivity contribution in [1.82, 2.24) is 5.32 Å². The van der Waals surface area contributed by atoms with Crippen LogP contribution in [-0.4, -0.2) is 24.4 Å². The SMILES string of the molecule is CCOc1cc(CNC[C@@H](C)O)cc(Cl)c1OCc1ccccc1. The van der Waals surface area contributed by atoms with Gasteiger partial charge in [0, 0.05) is 13.1 Å². The van der Waals surface area contributed by atoms with Gasteiger partial charge < -0.3 is 19.9 Å².